The average Bonchev–Trinajstić information content (AvgIpc) is 3.32. The van der Waals surface area contributed by atoms with E-state index in [1.807, 2.05) is 48.5 Å². The number of ether oxygens (including phenoxy) is 3. The van der Waals surface area contributed by atoms with Gasteiger partial charge in [-0.15, -0.1) is 0 Å². The third-order valence-electron chi connectivity index (χ3n) is 7.85. The lowest BCUT2D eigenvalue weighted by Gasteiger charge is -2.16. The molecule has 3 aromatic carbocycles. The fourth-order valence-corrected chi connectivity index (χ4v) is 5.41. The quantitative estimate of drug-likeness (QED) is 0.466. The predicted molar refractivity (Wildman–Crippen MR) is 140 cm³/mol. The van der Waals surface area contributed by atoms with Crippen LogP contribution in [0.25, 0.3) is 11.1 Å². The maximum absolute atomic E-state index is 13.5. The number of rotatable bonds is 8. The van der Waals surface area contributed by atoms with Crippen LogP contribution in [0, 0.1) is 6.92 Å². The summed E-state index contributed by atoms with van der Waals surface area (Å²) in [5, 5.41) is 2.97. The van der Waals surface area contributed by atoms with Crippen molar-refractivity contribution in [1.82, 2.24) is 5.32 Å². The highest BCUT2D eigenvalue weighted by Crippen LogP contribution is 2.51. The molecule has 2 heterocycles. The maximum atomic E-state index is 13.5. The molecule has 6 rings (SSSR count). The molecule has 0 aromatic heterocycles. The SMILES string of the molecule is Cc1ccc(CC(=O)C2(c3ccc4c(c3)OCO4)CC2)cc1-c1ccc(C(=O)NC[C@H]2CCCO2)cc1. The third kappa shape index (κ3) is 4.74. The van der Waals surface area contributed by atoms with E-state index in [9.17, 15) is 9.59 Å². The van der Waals surface area contributed by atoms with Gasteiger partial charge in [0.1, 0.15) is 5.78 Å². The van der Waals surface area contributed by atoms with E-state index >= 15 is 0 Å². The second-order valence-electron chi connectivity index (χ2n) is 10.3. The minimum absolute atomic E-state index is 0.0867. The Labute approximate surface area is 216 Å². The summed E-state index contributed by atoms with van der Waals surface area (Å²) in [6, 6.07) is 19.8. The van der Waals surface area contributed by atoms with E-state index in [2.05, 4.69) is 24.4 Å². The molecule has 2 aliphatic heterocycles. The fraction of sp³-hybridized carbons (Fsp3) is 0.355. The van der Waals surface area contributed by atoms with Gasteiger partial charge in [0.25, 0.3) is 5.91 Å². The van der Waals surface area contributed by atoms with Gasteiger partial charge in [-0.1, -0.05) is 36.4 Å². The van der Waals surface area contributed by atoms with Crippen molar-refractivity contribution in [3.05, 3.63) is 82.9 Å². The highest BCUT2D eigenvalue weighted by atomic mass is 16.7. The molecule has 6 heteroatoms. The number of fused-ring (bicyclic) bond motifs is 1. The molecular weight excluding hydrogens is 466 g/mol. The van der Waals surface area contributed by atoms with Crippen molar-refractivity contribution in [2.75, 3.05) is 19.9 Å². The third-order valence-corrected chi connectivity index (χ3v) is 7.85. The molecule has 2 fully saturated rings. The number of carbonyl (C=O) groups excluding carboxylic acids is 2. The number of aryl methyl sites for hydroxylation is 1. The van der Waals surface area contributed by atoms with Crippen LogP contribution in [0.1, 0.15) is 52.7 Å². The number of hydrogen-bond acceptors (Lipinski definition) is 5. The van der Waals surface area contributed by atoms with Crippen molar-refractivity contribution in [3.8, 4) is 22.6 Å². The van der Waals surface area contributed by atoms with E-state index in [-0.39, 0.29) is 24.6 Å². The minimum atomic E-state index is -0.426. The van der Waals surface area contributed by atoms with Gasteiger partial charge in [-0.3, -0.25) is 9.59 Å². The zero-order valence-electron chi connectivity index (χ0n) is 21.0. The summed E-state index contributed by atoms with van der Waals surface area (Å²) in [5.41, 5.74) is 5.45. The van der Waals surface area contributed by atoms with E-state index in [0.29, 0.717) is 18.5 Å². The number of carbonyl (C=O) groups is 2. The molecule has 0 unspecified atom stereocenters. The molecule has 1 amide bonds. The second kappa shape index (κ2) is 9.67. The lowest BCUT2D eigenvalue weighted by atomic mass is 9.87. The summed E-state index contributed by atoms with van der Waals surface area (Å²) < 4.78 is 16.5. The van der Waals surface area contributed by atoms with Gasteiger partial charge in [0.05, 0.1) is 11.5 Å². The van der Waals surface area contributed by atoms with Gasteiger partial charge in [-0.2, -0.15) is 0 Å². The molecule has 1 N–H and O–H groups in total. The number of Topliss-reactive ketones (excluding diaryl/α,β-unsaturated/α-hetero) is 1. The Bertz CT molecular complexity index is 1340. The molecule has 1 saturated carbocycles. The summed E-state index contributed by atoms with van der Waals surface area (Å²) >= 11 is 0. The van der Waals surface area contributed by atoms with E-state index in [0.717, 1.165) is 71.6 Å². The van der Waals surface area contributed by atoms with Crippen molar-refractivity contribution < 1.29 is 23.8 Å². The molecule has 0 bridgehead atoms. The van der Waals surface area contributed by atoms with Crippen molar-refractivity contribution in [1.29, 1.82) is 0 Å². The van der Waals surface area contributed by atoms with Crippen LogP contribution in [0.5, 0.6) is 11.5 Å². The zero-order valence-corrected chi connectivity index (χ0v) is 21.0. The first-order valence-electron chi connectivity index (χ1n) is 13.0. The smallest absolute Gasteiger partial charge is 0.251 e. The van der Waals surface area contributed by atoms with Crippen molar-refractivity contribution in [3.63, 3.8) is 0 Å². The molecule has 0 spiro atoms. The van der Waals surface area contributed by atoms with Crippen LogP contribution in [0.15, 0.2) is 60.7 Å². The molecule has 1 atom stereocenters. The Morgan fingerprint density at radius 1 is 0.973 bits per heavy atom. The molecule has 37 heavy (non-hydrogen) atoms. The fourth-order valence-electron chi connectivity index (χ4n) is 5.41. The standard InChI is InChI=1S/C31H31NO5/c1-20-4-5-21(16-29(33)31(12-13-31)24-10-11-27-28(17-24)37-19-36-27)15-26(20)22-6-8-23(9-7-22)30(34)32-18-25-3-2-14-35-25/h4-11,15,17,25H,2-3,12-14,16,18-19H2,1H3,(H,32,34)/t25-/m1/s1. The van der Waals surface area contributed by atoms with Crippen LogP contribution in [-0.4, -0.2) is 37.7 Å². The van der Waals surface area contributed by atoms with Gasteiger partial charge < -0.3 is 19.5 Å². The molecule has 3 aromatic rings. The summed E-state index contributed by atoms with van der Waals surface area (Å²) in [6.45, 7) is 3.62. The van der Waals surface area contributed by atoms with Crippen molar-refractivity contribution in [2.24, 2.45) is 0 Å². The first-order chi connectivity index (χ1) is 18.0. The van der Waals surface area contributed by atoms with E-state index < -0.39 is 5.41 Å². The van der Waals surface area contributed by atoms with Crippen LogP contribution in [0.4, 0.5) is 0 Å². The molecule has 190 valence electrons. The first kappa shape index (κ1) is 23.7. The predicted octanol–water partition coefficient (Wildman–Crippen LogP) is 5.14. The van der Waals surface area contributed by atoms with Gasteiger partial charge in [-0.25, -0.2) is 0 Å². The lowest BCUT2D eigenvalue weighted by Crippen LogP contribution is -2.31. The Morgan fingerprint density at radius 3 is 2.54 bits per heavy atom. The summed E-state index contributed by atoms with van der Waals surface area (Å²) in [7, 11) is 0. The number of amides is 1. The van der Waals surface area contributed by atoms with Crippen molar-refractivity contribution >= 4 is 11.7 Å². The van der Waals surface area contributed by atoms with Crippen molar-refractivity contribution in [2.45, 2.75) is 50.5 Å². The number of ketones is 1. The van der Waals surface area contributed by atoms with Crippen LogP contribution in [0.2, 0.25) is 0 Å². The molecular formula is C31H31NO5. The Hall–Kier alpha value is -3.64. The second-order valence-corrected chi connectivity index (χ2v) is 10.3. The molecule has 0 radical (unpaired) electrons. The largest absolute Gasteiger partial charge is 0.454 e. The summed E-state index contributed by atoms with van der Waals surface area (Å²) in [5.74, 6) is 1.61. The molecule has 1 saturated heterocycles. The molecule has 1 aliphatic carbocycles. The van der Waals surface area contributed by atoms with Gasteiger partial charge in [0.2, 0.25) is 6.79 Å². The van der Waals surface area contributed by atoms with Gasteiger partial charge >= 0.3 is 0 Å². The van der Waals surface area contributed by atoms with Gasteiger partial charge in [0, 0.05) is 25.1 Å². The Balaban J connectivity index is 1.15. The zero-order chi connectivity index (χ0) is 25.4. The molecule has 6 nitrogen and oxygen atoms in total. The average molecular weight is 498 g/mol. The van der Waals surface area contributed by atoms with Gasteiger partial charge in [0.15, 0.2) is 11.5 Å². The lowest BCUT2D eigenvalue weighted by molar-refractivity contribution is -0.120. The minimum Gasteiger partial charge on any atom is -0.454 e. The number of benzene rings is 3. The molecule has 3 aliphatic rings. The summed E-state index contributed by atoms with van der Waals surface area (Å²) in [4.78, 5) is 26.0. The number of hydrogen-bond donors (Lipinski definition) is 1. The van der Waals surface area contributed by atoms with Crippen LogP contribution in [0.3, 0.4) is 0 Å². The monoisotopic (exact) mass is 497 g/mol. The van der Waals surface area contributed by atoms with Crippen LogP contribution < -0.4 is 14.8 Å². The highest BCUT2D eigenvalue weighted by molar-refractivity contribution is 5.96. The maximum Gasteiger partial charge on any atom is 0.251 e. The van der Waals surface area contributed by atoms with E-state index in [4.69, 9.17) is 14.2 Å². The normalized spacial score (nSPS) is 19.0. The first-order valence-corrected chi connectivity index (χ1v) is 13.0. The Kier molecular flexibility index (Phi) is 6.21. The van der Waals surface area contributed by atoms with Crippen LogP contribution in [-0.2, 0) is 21.4 Å². The van der Waals surface area contributed by atoms with E-state index in [1.54, 1.807) is 0 Å². The van der Waals surface area contributed by atoms with Crippen LogP contribution >= 0.6 is 0 Å². The topological polar surface area (TPSA) is 73.9 Å². The summed E-state index contributed by atoms with van der Waals surface area (Å²) in [6.07, 6.45) is 4.27. The number of nitrogens with one attached hydrogen (secondary N) is 1. The van der Waals surface area contributed by atoms with Gasteiger partial charge in [-0.05, 0) is 84.7 Å². The van der Waals surface area contributed by atoms with E-state index in [1.165, 1.54) is 0 Å². The Morgan fingerprint density at radius 2 is 1.78 bits per heavy atom. The highest BCUT2D eigenvalue weighted by Gasteiger charge is 2.50.